The summed E-state index contributed by atoms with van der Waals surface area (Å²) in [6, 6.07) is 0.685. The predicted molar refractivity (Wildman–Crippen MR) is 46.4 cm³/mol. The molecule has 0 fully saturated rings. The number of rotatable bonds is 2. The molecule has 0 amide bonds. The molecule has 1 aromatic heterocycles. The Morgan fingerprint density at radius 3 is 2.62 bits per heavy atom. The molecule has 0 bridgehead atoms. The van der Waals surface area contributed by atoms with Crippen molar-refractivity contribution in [3.63, 3.8) is 0 Å². The summed E-state index contributed by atoms with van der Waals surface area (Å²) >= 11 is 8.23. The third kappa shape index (κ3) is 2.34. The van der Waals surface area contributed by atoms with Crippen molar-refractivity contribution in [3.05, 3.63) is 27.7 Å². The van der Waals surface area contributed by atoms with Crippen LogP contribution in [0.5, 0.6) is 0 Å². The molecule has 0 saturated carbocycles. The van der Waals surface area contributed by atoms with Crippen LogP contribution in [0.4, 0.5) is 13.2 Å². The van der Waals surface area contributed by atoms with E-state index in [2.05, 4.69) is 20.9 Å². The molecule has 0 aliphatic rings. The number of aromatic nitrogens is 1. The van der Waals surface area contributed by atoms with E-state index < -0.39 is 17.9 Å². The number of alkyl halides is 3. The van der Waals surface area contributed by atoms with Gasteiger partial charge in [0, 0.05) is 6.07 Å². The average Bonchev–Trinajstić information content (AvgIpc) is 2.09. The van der Waals surface area contributed by atoms with Crippen LogP contribution >= 0.6 is 27.5 Å². The Morgan fingerprint density at radius 2 is 2.15 bits per heavy atom. The fourth-order valence-electron chi connectivity index (χ4n) is 0.769. The van der Waals surface area contributed by atoms with Crippen LogP contribution in [-0.4, -0.2) is 4.98 Å². The number of nitrogens with zero attached hydrogens (tertiary/aromatic N) is 1. The van der Waals surface area contributed by atoms with E-state index in [9.17, 15) is 13.2 Å². The Morgan fingerprint density at radius 1 is 1.54 bits per heavy atom. The minimum atomic E-state index is -2.79. The standard InChI is InChI=1S/C7H4BrClF3N/c8-6-3(10)1-4(7(11)12)13-5(6)2-9/h1,7H,2H2. The van der Waals surface area contributed by atoms with Crippen LogP contribution in [0.1, 0.15) is 17.8 Å². The molecule has 1 aromatic rings. The summed E-state index contributed by atoms with van der Waals surface area (Å²) in [6.07, 6.45) is -2.79. The Balaban J connectivity index is 3.22. The van der Waals surface area contributed by atoms with Crippen molar-refractivity contribution < 1.29 is 13.2 Å². The minimum Gasteiger partial charge on any atom is -0.249 e. The van der Waals surface area contributed by atoms with Gasteiger partial charge in [-0.3, -0.25) is 0 Å². The van der Waals surface area contributed by atoms with Gasteiger partial charge in [0.2, 0.25) is 0 Å². The maximum absolute atomic E-state index is 12.9. The lowest BCUT2D eigenvalue weighted by molar-refractivity contribution is 0.145. The van der Waals surface area contributed by atoms with E-state index in [1.807, 2.05) is 0 Å². The molecule has 0 unspecified atom stereocenters. The molecule has 0 atom stereocenters. The molecular weight excluding hydrogens is 270 g/mol. The van der Waals surface area contributed by atoms with Gasteiger partial charge in [0.1, 0.15) is 11.5 Å². The normalized spacial score (nSPS) is 10.9. The summed E-state index contributed by atoms with van der Waals surface area (Å²) in [5, 5.41) is 0. The van der Waals surface area contributed by atoms with Crippen LogP contribution in [0, 0.1) is 5.82 Å². The van der Waals surface area contributed by atoms with Gasteiger partial charge in [0.15, 0.2) is 0 Å². The highest BCUT2D eigenvalue weighted by Crippen LogP contribution is 2.25. The molecule has 1 heterocycles. The highest BCUT2D eigenvalue weighted by Gasteiger charge is 2.15. The summed E-state index contributed by atoms with van der Waals surface area (Å²) in [5.74, 6) is -0.890. The van der Waals surface area contributed by atoms with Crippen LogP contribution < -0.4 is 0 Å². The lowest BCUT2D eigenvalue weighted by Crippen LogP contribution is -1.98. The van der Waals surface area contributed by atoms with Gasteiger partial charge in [-0.1, -0.05) is 0 Å². The third-order valence-electron chi connectivity index (χ3n) is 1.35. The SMILES string of the molecule is Fc1cc(C(F)F)nc(CCl)c1Br. The molecule has 0 spiro atoms. The van der Waals surface area contributed by atoms with Crippen molar-refractivity contribution >= 4 is 27.5 Å². The molecule has 0 aliphatic carbocycles. The Labute approximate surface area is 86.0 Å². The van der Waals surface area contributed by atoms with E-state index in [0.29, 0.717) is 6.07 Å². The largest absolute Gasteiger partial charge is 0.280 e. The summed E-state index contributed by atoms with van der Waals surface area (Å²) in [6.45, 7) is 0. The van der Waals surface area contributed by atoms with Gasteiger partial charge in [0.25, 0.3) is 6.43 Å². The zero-order chi connectivity index (χ0) is 10.0. The zero-order valence-corrected chi connectivity index (χ0v) is 8.54. The van der Waals surface area contributed by atoms with E-state index in [4.69, 9.17) is 11.6 Å². The molecule has 1 nitrogen and oxygen atoms in total. The first-order chi connectivity index (χ1) is 6.06. The second-order valence-electron chi connectivity index (χ2n) is 2.22. The minimum absolute atomic E-state index is 0.0342. The van der Waals surface area contributed by atoms with Gasteiger partial charge >= 0.3 is 0 Å². The van der Waals surface area contributed by atoms with Crippen molar-refractivity contribution in [2.75, 3.05) is 0 Å². The topological polar surface area (TPSA) is 12.9 Å². The summed E-state index contributed by atoms with van der Waals surface area (Å²) < 4.78 is 37.2. The molecule has 13 heavy (non-hydrogen) atoms. The van der Waals surface area contributed by atoms with Gasteiger partial charge in [-0.2, -0.15) is 0 Å². The first-order valence-electron chi connectivity index (χ1n) is 3.25. The summed E-state index contributed by atoms with van der Waals surface area (Å²) in [7, 11) is 0. The monoisotopic (exact) mass is 273 g/mol. The van der Waals surface area contributed by atoms with Crippen LogP contribution in [0.3, 0.4) is 0 Å². The van der Waals surface area contributed by atoms with Gasteiger partial charge in [-0.15, -0.1) is 11.6 Å². The van der Waals surface area contributed by atoms with Crippen molar-refractivity contribution in [1.29, 1.82) is 0 Å². The summed E-state index contributed by atoms with van der Waals surface area (Å²) in [5.41, 5.74) is -0.520. The molecule has 1 rings (SSSR count). The van der Waals surface area contributed by atoms with E-state index in [0.717, 1.165) is 0 Å². The molecule has 0 aliphatic heterocycles. The fraction of sp³-hybridized carbons (Fsp3) is 0.286. The van der Waals surface area contributed by atoms with Crippen LogP contribution in [0.15, 0.2) is 10.5 Å². The predicted octanol–water partition coefficient (Wildman–Crippen LogP) is 3.66. The van der Waals surface area contributed by atoms with Gasteiger partial charge in [0.05, 0.1) is 16.0 Å². The van der Waals surface area contributed by atoms with Gasteiger partial charge in [-0.25, -0.2) is 18.2 Å². The molecular formula is C7H4BrClF3N. The molecule has 6 heteroatoms. The van der Waals surface area contributed by atoms with E-state index in [1.165, 1.54) is 0 Å². The highest BCUT2D eigenvalue weighted by atomic mass is 79.9. The Bertz CT molecular complexity index is 319. The van der Waals surface area contributed by atoms with Crippen molar-refractivity contribution in [2.24, 2.45) is 0 Å². The first-order valence-corrected chi connectivity index (χ1v) is 4.58. The number of pyridine rings is 1. The first kappa shape index (κ1) is 10.8. The molecule has 72 valence electrons. The van der Waals surface area contributed by atoms with E-state index in [1.54, 1.807) is 0 Å². The number of hydrogen-bond acceptors (Lipinski definition) is 1. The quantitative estimate of drug-likeness (QED) is 0.750. The molecule has 0 aromatic carbocycles. The highest BCUT2D eigenvalue weighted by molar-refractivity contribution is 9.10. The molecule has 0 N–H and O–H groups in total. The second kappa shape index (κ2) is 4.28. The third-order valence-corrected chi connectivity index (χ3v) is 2.44. The van der Waals surface area contributed by atoms with Crippen molar-refractivity contribution in [1.82, 2.24) is 4.98 Å². The Kier molecular flexibility index (Phi) is 3.55. The van der Waals surface area contributed by atoms with Crippen molar-refractivity contribution in [3.8, 4) is 0 Å². The summed E-state index contributed by atoms with van der Waals surface area (Å²) in [4.78, 5) is 3.48. The number of halogens is 5. The molecule has 0 saturated heterocycles. The van der Waals surface area contributed by atoms with Gasteiger partial charge < -0.3 is 0 Å². The average molecular weight is 274 g/mol. The van der Waals surface area contributed by atoms with Crippen LogP contribution in [0.2, 0.25) is 0 Å². The van der Waals surface area contributed by atoms with E-state index >= 15 is 0 Å². The number of hydrogen-bond donors (Lipinski definition) is 0. The van der Waals surface area contributed by atoms with Crippen molar-refractivity contribution in [2.45, 2.75) is 12.3 Å². The van der Waals surface area contributed by atoms with Gasteiger partial charge in [-0.05, 0) is 15.9 Å². The maximum Gasteiger partial charge on any atom is 0.280 e. The lowest BCUT2D eigenvalue weighted by atomic mass is 10.3. The van der Waals surface area contributed by atoms with Crippen LogP contribution in [-0.2, 0) is 5.88 Å². The van der Waals surface area contributed by atoms with E-state index in [-0.39, 0.29) is 16.0 Å². The second-order valence-corrected chi connectivity index (χ2v) is 3.28. The Hall–Kier alpha value is -0.290. The lowest BCUT2D eigenvalue weighted by Gasteiger charge is -2.04. The molecule has 0 radical (unpaired) electrons. The maximum atomic E-state index is 12.9. The fourth-order valence-corrected chi connectivity index (χ4v) is 1.47. The zero-order valence-electron chi connectivity index (χ0n) is 6.20. The van der Waals surface area contributed by atoms with Crippen LogP contribution in [0.25, 0.3) is 0 Å². The smallest absolute Gasteiger partial charge is 0.249 e.